The Bertz CT molecular complexity index is 529. The van der Waals surface area contributed by atoms with Crippen LogP contribution in [0.3, 0.4) is 0 Å². The van der Waals surface area contributed by atoms with Gasteiger partial charge in [0, 0.05) is 38.6 Å². The molecule has 0 saturated carbocycles. The van der Waals surface area contributed by atoms with E-state index in [1.807, 2.05) is 6.07 Å². The highest BCUT2D eigenvalue weighted by atomic mass is 35.5. The van der Waals surface area contributed by atoms with Crippen molar-refractivity contribution in [1.29, 1.82) is 0 Å². The molecule has 0 aliphatic carbocycles. The summed E-state index contributed by atoms with van der Waals surface area (Å²) in [6, 6.07) is 1.92. The summed E-state index contributed by atoms with van der Waals surface area (Å²) in [7, 11) is 1.63. The number of hydrogen-bond donors (Lipinski definition) is 2. The van der Waals surface area contributed by atoms with Gasteiger partial charge >= 0.3 is 0 Å². The van der Waals surface area contributed by atoms with Gasteiger partial charge in [-0.3, -0.25) is 4.79 Å². The van der Waals surface area contributed by atoms with Gasteiger partial charge in [-0.05, 0) is 44.8 Å². The molecule has 0 radical (unpaired) electrons. The van der Waals surface area contributed by atoms with Crippen molar-refractivity contribution in [2.75, 3.05) is 38.2 Å². The lowest BCUT2D eigenvalue weighted by molar-refractivity contribution is -0.147. The molecule has 0 aromatic carbocycles. The van der Waals surface area contributed by atoms with Crippen LogP contribution in [0.4, 0.5) is 5.95 Å². The van der Waals surface area contributed by atoms with E-state index in [1.54, 1.807) is 19.5 Å². The van der Waals surface area contributed by atoms with Gasteiger partial charge in [0.1, 0.15) is 5.60 Å². The smallest absolute Gasteiger partial charge is 0.252 e. The lowest BCUT2D eigenvalue weighted by atomic mass is 9.90. The molecule has 0 bridgehead atoms. The van der Waals surface area contributed by atoms with Crippen LogP contribution in [0.1, 0.15) is 25.7 Å². The summed E-state index contributed by atoms with van der Waals surface area (Å²) in [5.41, 5.74) is -0.684. The van der Waals surface area contributed by atoms with Crippen molar-refractivity contribution in [3.05, 3.63) is 18.5 Å². The molecule has 1 aromatic rings. The maximum absolute atomic E-state index is 12.7. The molecule has 1 amide bonds. The third kappa shape index (κ3) is 5.17. The number of carbonyl (C=O) groups is 1. The number of nitrogens with zero attached hydrogens (tertiary/aromatic N) is 3. The molecular weight excluding hydrogens is 365 g/mol. The number of carbonyl (C=O) groups excluding carboxylic acids is 1. The molecule has 1 aromatic heterocycles. The Morgan fingerprint density at radius 1 is 1.32 bits per heavy atom. The number of hydrogen-bond acceptors (Lipinski definition) is 6. The zero-order valence-corrected chi connectivity index (χ0v) is 16.1. The highest BCUT2D eigenvalue weighted by molar-refractivity contribution is 5.86. The average Bonchev–Trinajstić information content (AvgIpc) is 2.63. The van der Waals surface area contributed by atoms with Crippen molar-refractivity contribution in [2.24, 2.45) is 0 Å². The largest absolute Gasteiger partial charge is 0.368 e. The molecule has 3 rings (SSSR count). The number of anilines is 1. The molecule has 2 fully saturated rings. The summed E-state index contributed by atoms with van der Waals surface area (Å²) < 4.78 is 5.60. The number of methoxy groups -OCH3 is 1. The van der Waals surface area contributed by atoms with Crippen LogP contribution in [-0.4, -0.2) is 60.8 Å². The molecule has 0 spiro atoms. The van der Waals surface area contributed by atoms with Crippen molar-refractivity contribution >= 4 is 36.7 Å². The number of piperidine rings is 2. The van der Waals surface area contributed by atoms with Gasteiger partial charge in [-0.1, -0.05) is 0 Å². The van der Waals surface area contributed by atoms with E-state index in [9.17, 15) is 4.79 Å². The van der Waals surface area contributed by atoms with Crippen molar-refractivity contribution in [2.45, 2.75) is 37.3 Å². The minimum Gasteiger partial charge on any atom is -0.368 e. The van der Waals surface area contributed by atoms with Gasteiger partial charge in [0.2, 0.25) is 5.95 Å². The standard InChI is InChI=1S/C16H25N5O2.2ClH/c1-23-16(5-9-17-10-6-16)14(22)20-13-4-2-11-21(12-13)15-18-7-3-8-19-15;;/h3,7-8,13,17H,2,4-6,9-12H2,1H3,(H,20,22);2*1H. The Morgan fingerprint density at radius 3 is 2.64 bits per heavy atom. The number of amides is 1. The Hall–Kier alpha value is -1.15. The Morgan fingerprint density at radius 2 is 2.00 bits per heavy atom. The van der Waals surface area contributed by atoms with E-state index in [2.05, 4.69) is 25.5 Å². The predicted molar refractivity (Wildman–Crippen MR) is 102 cm³/mol. The third-order valence-electron chi connectivity index (χ3n) is 4.81. The molecule has 3 heterocycles. The lowest BCUT2D eigenvalue weighted by Gasteiger charge is -2.38. The van der Waals surface area contributed by atoms with Gasteiger partial charge in [0.05, 0.1) is 0 Å². The van der Waals surface area contributed by atoms with Gasteiger partial charge in [0.15, 0.2) is 0 Å². The molecule has 7 nitrogen and oxygen atoms in total. The van der Waals surface area contributed by atoms with Crippen LogP contribution in [0.5, 0.6) is 0 Å². The first-order valence-corrected chi connectivity index (χ1v) is 8.32. The van der Waals surface area contributed by atoms with Crippen LogP contribution in [0.15, 0.2) is 18.5 Å². The van der Waals surface area contributed by atoms with Crippen LogP contribution < -0.4 is 15.5 Å². The summed E-state index contributed by atoms with van der Waals surface area (Å²) in [6.45, 7) is 3.30. The molecule has 2 N–H and O–H groups in total. The highest BCUT2D eigenvalue weighted by Gasteiger charge is 2.40. The molecule has 1 atom stereocenters. The second-order valence-electron chi connectivity index (χ2n) is 6.26. The Kier molecular flexibility index (Phi) is 8.85. The number of aromatic nitrogens is 2. The maximum Gasteiger partial charge on any atom is 0.252 e. The second kappa shape index (κ2) is 10.1. The molecular formula is C16H27Cl2N5O2. The zero-order valence-electron chi connectivity index (χ0n) is 14.4. The van der Waals surface area contributed by atoms with E-state index in [4.69, 9.17) is 4.74 Å². The van der Waals surface area contributed by atoms with Gasteiger partial charge in [0.25, 0.3) is 5.91 Å². The number of ether oxygens (including phenoxy) is 1. The number of nitrogens with one attached hydrogen (secondary N) is 2. The highest BCUT2D eigenvalue weighted by Crippen LogP contribution is 2.24. The summed E-state index contributed by atoms with van der Waals surface area (Å²) in [5.74, 6) is 0.747. The number of halogens is 2. The summed E-state index contributed by atoms with van der Waals surface area (Å²) in [4.78, 5) is 23.5. The fourth-order valence-corrected chi connectivity index (χ4v) is 3.40. The minimum atomic E-state index is -0.684. The van der Waals surface area contributed by atoms with E-state index >= 15 is 0 Å². The maximum atomic E-state index is 12.7. The van der Waals surface area contributed by atoms with Crippen LogP contribution >= 0.6 is 24.8 Å². The molecule has 9 heteroatoms. The quantitative estimate of drug-likeness (QED) is 0.801. The van der Waals surface area contributed by atoms with E-state index in [-0.39, 0.29) is 36.8 Å². The van der Waals surface area contributed by atoms with E-state index in [0.717, 1.165) is 45.0 Å². The SMILES string of the molecule is COC1(C(=O)NC2CCCN(c3ncccn3)C2)CCNCC1.Cl.Cl. The first-order chi connectivity index (χ1) is 11.2. The predicted octanol–water partition coefficient (Wildman–Crippen LogP) is 1.17. The monoisotopic (exact) mass is 391 g/mol. The van der Waals surface area contributed by atoms with Crippen molar-refractivity contribution in [3.8, 4) is 0 Å². The number of rotatable bonds is 4. The first kappa shape index (κ1) is 21.9. The summed E-state index contributed by atoms with van der Waals surface area (Å²) in [6.07, 6.45) is 6.93. The van der Waals surface area contributed by atoms with Crippen molar-refractivity contribution in [1.82, 2.24) is 20.6 Å². The Balaban J connectivity index is 0.00000156. The van der Waals surface area contributed by atoms with Gasteiger partial charge in [-0.2, -0.15) is 0 Å². The van der Waals surface area contributed by atoms with Crippen LogP contribution in [0.25, 0.3) is 0 Å². The van der Waals surface area contributed by atoms with Crippen molar-refractivity contribution in [3.63, 3.8) is 0 Å². The van der Waals surface area contributed by atoms with Gasteiger partial charge in [-0.25, -0.2) is 9.97 Å². The van der Waals surface area contributed by atoms with Gasteiger partial charge in [-0.15, -0.1) is 24.8 Å². The second-order valence-corrected chi connectivity index (χ2v) is 6.26. The molecule has 2 aliphatic rings. The molecule has 142 valence electrons. The summed E-state index contributed by atoms with van der Waals surface area (Å²) in [5, 5.41) is 6.47. The summed E-state index contributed by atoms with van der Waals surface area (Å²) >= 11 is 0. The molecule has 25 heavy (non-hydrogen) atoms. The third-order valence-corrected chi connectivity index (χ3v) is 4.81. The van der Waals surface area contributed by atoms with E-state index in [0.29, 0.717) is 12.8 Å². The topological polar surface area (TPSA) is 79.4 Å². The van der Waals surface area contributed by atoms with Crippen LogP contribution in [0.2, 0.25) is 0 Å². The molecule has 2 saturated heterocycles. The Labute approximate surface area is 161 Å². The lowest BCUT2D eigenvalue weighted by Crippen LogP contribution is -2.58. The fraction of sp³-hybridized carbons (Fsp3) is 0.688. The zero-order chi connectivity index (χ0) is 16.1. The van der Waals surface area contributed by atoms with E-state index in [1.165, 1.54) is 0 Å². The van der Waals surface area contributed by atoms with E-state index < -0.39 is 5.60 Å². The van der Waals surface area contributed by atoms with Crippen LogP contribution in [0, 0.1) is 0 Å². The van der Waals surface area contributed by atoms with Crippen LogP contribution in [-0.2, 0) is 9.53 Å². The average molecular weight is 392 g/mol. The van der Waals surface area contributed by atoms with Crippen molar-refractivity contribution < 1.29 is 9.53 Å². The molecule has 2 aliphatic heterocycles. The first-order valence-electron chi connectivity index (χ1n) is 8.32. The normalized spacial score (nSPS) is 22.3. The fourth-order valence-electron chi connectivity index (χ4n) is 3.40. The molecule has 1 unspecified atom stereocenters. The minimum absolute atomic E-state index is 0. The van der Waals surface area contributed by atoms with Gasteiger partial charge < -0.3 is 20.3 Å².